The molecule has 0 spiro atoms. The predicted molar refractivity (Wildman–Crippen MR) is 247 cm³/mol. The third kappa shape index (κ3) is 26.8. The summed E-state index contributed by atoms with van der Waals surface area (Å²) in [7, 11) is -10.7. The van der Waals surface area contributed by atoms with Gasteiger partial charge < -0.3 is 44.5 Å². The molecule has 10 nitrogen and oxygen atoms in total. The van der Waals surface area contributed by atoms with Gasteiger partial charge in [-0.1, -0.05) is 39.3 Å². The minimum absolute atomic E-state index is 0.749. The van der Waals surface area contributed by atoms with Crippen molar-refractivity contribution < 1.29 is 35.4 Å². The second-order valence-electron chi connectivity index (χ2n) is 16.7. The van der Waals surface area contributed by atoms with Crippen LogP contribution in [0.25, 0.3) is 0 Å². The van der Waals surface area contributed by atoms with Crippen LogP contribution in [0.4, 0.5) is 0 Å². The van der Waals surface area contributed by atoms with Crippen molar-refractivity contribution >= 4 is 50.7 Å². The van der Waals surface area contributed by atoms with Gasteiger partial charge in [-0.2, -0.15) is 0 Å². The van der Waals surface area contributed by atoms with Gasteiger partial charge in [0.25, 0.3) is 0 Å². The summed E-state index contributed by atoms with van der Waals surface area (Å²) in [6.45, 7) is 50.5. The topological polar surface area (TPSA) is 80.3 Å². The zero-order valence-corrected chi connectivity index (χ0v) is 45.3. The Morgan fingerprint density at radius 1 is 0.278 bits per heavy atom. The second-order valence-corrected chi connectivity index (χ2v) is 40.1. The van der Waals surface area contributed by atoms with Crippen LogP contribution in [0.1, 0.15) is 81.1 Å². The maximum absolute atomic E-state index is 6.00. The predicted octanol–water partition coefficient (Wildman–Crippen LogP) is 10.4. The fourth-order valence-electron chi connectivity index (χ4n) is 7.12. The van der Waals surface area contributed by atoms with E-state index < -0.39 is 50.7 Å². The maximum Gasteiger partial charge on any atom is 0.334 e. The molecule has 0 unspecified atom stereocenters. The molecule has 0 saturated heterocycles. The molecule has 0 aromatic heterocycles. The molecule has 54 heavy (non-hydrogen) atoms. The lowest BCUT2D eigenvalue weighted by Gasteiger charge is -2.36. The lowest BCUT2D eigenvalue weighted by Crippen LogP contribution is -2.48. The number of nitrogens with zero attached hydrogens (tertiary/aromatic N) is 2. The zero-order chi connectivity index (χ0) is 42.0. The summed E-state index contributed by atoms with van der Waals surface area (Å²) in [6, 6.07) is 4.28. The third-order valence-electron chi connectivity index (χ3n) is 9.73. The van der Waals surface area contributed by atoms with E-state index in [2.05, 4.69) is 130 Å². The van der Waals surface area contributed by atoms with E-state index >= 15 is 0 Å². The summed E-state index contributed by atoms with van der Waals surface area (Å²) in [5, 5.41) is 0. The van der Waals surface area contributed by atoms with Gasteiger partial charge in [0.15, 0.2) is 0 Å². The van der Waals surface area contributed by atoms with Crippen molar-refractivity contribution in [3.8, 4) is 0 Å². The lowest BCUT2D eigenvalue weighted by atomic mass is 10.4. The van der Waals surface area contributed by atoms with Crippen molar-refractivity contribution in [3.63, 3.8) is 0 Å². The fourth-order valence-corrected chi connectivity index (χ4v) is 20.0. The Balaban J connectivity index is 0. The summed E-state index contributed by atoms with van der Waals surface area (Å²) in [4.78, 5) is 0. The lowest BCUT2D eigenvalue weighted by molar-refractivity contribution is 0.185. The fraction of sp³-hybridized carbons (Fsp3) is 1.00. The van der Waals surface area contributed by atoms with Crippen LogP contribution in [-0.4, -0.2) is 139 Å². The Hall–Kier alpha value is 0.901. The SMILES string of the molecule is CCO[Si](C)(CCCN(CCC[Si](C)(OCC)OCC)[Si](C)(C)C)OCC.CCO[Si](C)(CCCN(CCC[Si](C)(OCC)OCC)[Si](C)(C)C)OCC. The van der Waals surface area contributed by atoms with Gasteiger partial charge in [0.1, 0.15) is 16.5 Å². The number of rotatable bonds is 34. The van der Waals surface area contributed by atoms with Gasteiger partial charge in [-0.25, -0.2) is 0 Å². The van der Waals surface area contributed by atoms with Gasteiger partial charge in [0.2, 0.25) is 0 Å². The van der Waals surface area contributed by atoms with Gasteiger partial charge in [-0.15, -0.1) is 0 Å². The first kappa shape index (κ1) is 57.0. The normalized spacial score (nSPS) is 13.6. The first-order valence-corrected chi connectivity index (χ1v) is 38.7. The molecule has 0 aliphatic heterocycles. The van der Waals surface area contributed by atoms with Crippen molar-refractivity contribution in [2.24, 2.45) is 0 Å². The van der Waals surface area contributed by atoms with Crippen LogP contribution in [0.3, 0.4) is 0 Å². The molecule has 0 radical (unpaired) electrons. The van der Waals surface area contributed by atoms with E-state index in [0.29, 0.717) is 0 Å². The van der Waals surface area contributed by atoms with Crippen LogP contribution in [0, 0.1) is 0 Å². The average molecular weight is 876 g/mol. The first-order chi connectivity index (χ1) is 25.1. The molecule has 0 atom stereocenters. The highest BCUT2D eigenvalue weighted by Gasteiger charge is 2.35. The Bertz CT molecular complexity index is 751. The monoisotopic (exact) mass is 875 g/mol. The van der Waals surface area contributed by atoms with Crippen molar-refractivity contribution in [1.29, 1.82) is 0 Å². The third-order valence-corrected chi connectivity index (χ3v) is 26.7. The van der Waals surface area contributed by atoms with Crippen molar-refractivity contribution in [2.75, 3.05) is 79.0 Å². The van der Waals surface area contributed by atoms with Crippen LogP contribution in [-0.2, 0) is 35.4 Å². The molecule has 0 aromatic rings. The molecular formula is C38H94N2O8Si6. The molecule has 0 aliphatic rings. The van der Waals surface area contributed by atoms with E-state index in [-0.39, 0.29) is 0 Å². The zero-order valence-electron chi connectivity index (χ0n) is 39.3. The minimum atomic E-state index is -2.00. The van der Waals surface area contributed by atoms with E-state index in [9.17, 15) is 0 Å². The quantitative estimate of drug-likeness (QED) is 0.0583. The Kier molecular flexibility index (Phi) is 31.7. The Morgan fingerprint density at radius 2 is 0.426 bits per heavy atom. The van der Waals surface area contributed by atoms with Crippen LogP contribution in [0.5, 0.6) is 0 Å². The standard InChI is InChI=1S/2C19H47NO4Si3/c2*1-10-21-26(8,22-11-2)18-14-16-20(25(5,6)7)17-15-19-27(9,23-12-3)24-13-4/h2*10-19H2,1-9H3. The largest absolute Gasteiger partial charge is 0.395 e. The van der Waals surface area contributed by atoms with Crippen LogP contribution in [0.2, 0.25) is 89.6 Å². The molecule has 0 aromatic carbocycles. The van der Waals surface area contributed by atoms with Crippen molar-refractivity contribution in [3.05, 3.63) is 0 Å². The average Bonchev–Trinajstić information content (AvgIpc) is 3.03. The summed E-state index contributed by atoms with van der Waals surface area (Å²) in [5.41, 5.74) is 0. The highest BCUT2D eigenvalue weighted by molar-refractivity contribution is 6.74. The van der Waals surface area contributed by atoms with Gasteiger partial charge in [0.05, 0.1) is 0 Å². The number of hydrogen-bond donors (Lipinski definition) is 0. The van der Waals surface area contributed by atoms with E-state index in [1.54, 1.807) is 0 Å². The van der Waals surface area contributed by atoms with Gasteiger partial charge in [-0.3, -0.25) is 0 Å². The molecule has 0 bridgehead atoms. The smallest absolute Gasteiger partial charge is 0.334 e. The molecule has 0 amide bonds. The molecule has 0 N–H and O–H groups in total. The Labute approximate surface area is 343 Å². The first-order valence-electron chi connectivity index (χ1n) is 21.7. The molecule has 16 heteroatoms. The molecular weight excluding hydrogens is 781 g/mol. The summed E-state index contributed by atoms with van der Waals surface area (Å²) < 4.78 is 53.4. The molecule has 0 rings (SSSR count). The Morgan fingerprint density at radius 3 is 0.537 bits per heavy atom. The molecule has 0 saturated carbocycles. The highest BCUT2D eigenvalue weighted by Crippen LogP contribution is 2.23. The van der Waals surface area contributed by atoms with Gasteiger partial charge in [-0.05, 0) is 158 Å². The summed E-state index contributed by atoms with van der Waals surface area (Å²) in [5.74, 6) is 0. The van der Waals surface area contributed by atoms with E-state index in [1.807, 2.05) is 0 Å². The number of hydrogen-bond acceptors (Lipinski definition) is 10. The summed E-state index contributed by atoms with van der Waals surface area (Å²) in [6.07, 6.45) is 4.61. The molecule has 0 aliphatic carbocycles. The van der Waals surface area contributed by atoms with Crippen LogP contribution < -0.4 is 0 Å². The highest BCUT2D eigenvalue weighted by atomic mass is 28.4. The van der Waals surface area contributed by atoms with Gasteiger partial charge >= 0.3 is 34.2 Å². The maximum atomic E-state index is 6.00. The summed E-state index contributed by atoms with van der Waals surface area (Å²) >= 11 is 0. The second kappa shape index (κ2) is 30.0. The van der Waals surface area contributed by atoms with E-state index in [4.69, 9.17) is 35.4 Å². The van der Waals surface area contributed by atoms with Crippen molar-refractivity contribution in [1.82, 2.24) is 9.13 Å². The van der Waals surface area contributed by atoms with Crippen LogP contribution >= 0.6 is 0 Å². The molecule has 328 valence electrons. The van der Waals surface area contributed by atoms with Crippen LogP contribution in [0.15, 0.2) is 0 Å². The van der Waals surface area contributed by atoms with E-state index in [0.717, 1.165) is 129 Å². The molecule has 0 heterocycles. The minimum Gasteiger partial charge on any atom is -0.395 e. The molecule has 0 fully saturated rings. The van der Waals surface area contributed by atoms with Crippen molar-refractivity contribution in [2.45, 2.75) is 171 Å². The van der Waals surface area contributed by atoms with Gasteiger partial charge in [0, 0.05) is 52.9 Å². The van der Waals surface area contributed by atoms with E-state index in [1.165, 1.54) is 0 Å².